The molecule has 7 heteroatoms. The van der Waals surface area contributed by atoms with Gasteiger partial charge in [-0.1, -0.05) is 0 Å². The predicted molar refractivity (Wildman–Crippen MR) is 40.8 cm³/mol. The van der Waals surface area contributed by atoms with Crippen molar-refractivity contribution in [2.24, 2.45) is 0 Å². The molecule has 0 saturated heterocycles. The van der Waals surface area contributed by atoms with Gasteiger partial charge in [0.1, 0.15) is 4.43 Å². The number of hydrogen-bond donors (Lipinski definition) is 0. The molecule has 2 aromatic heterocycles. The largest absolute Gasteiger partial charge is 0.805 e. The maximum atomic E-state index is 11.1. The van der Waals surface area contributed by atoms with Crippen LogP contribution >= 0.6 is 0 Å². The zero-order valence-electron chi connectivity index (χ0n) is 6.32. The summed E-state index contributed by atoms with van der Waals surface area (Å²) in [5.41, 5.74) is -0.331. The van der Waals surface area contributed by atoms with Gasteiger partial charge in [-0.25, -0.2) is 0 Å². The number of fused-ring (bicyclic) bond motifs is 1. The van der Waals surface area contributed by atoms with Gasteiger partial charge in [0.15, 0.2) is 5.52 Å². The Hall–Kier alpha value is -2.18. The van der Waals surface area contributed by atoms with Crippen molar-refractivity contribution in [3.63, 3.8) is 0 Å². The molecule has 0 spiro atoms. The van der Waals surface area contributed by atoms with E-state index in [1.807, 2.05) is 0 Å². The highest BCUT2D eigenvalue weighted by Gasteiger charge is 2.18. The van der Waals surface area contributed by atoms with Crippen molar-refractivity contribution in [2.45, 2.75) is 0 Å². The van der Waals surface area contributed by atoms with Crippen molar-refractivity contribution in [1.82, 2.24) is 9.83 Å². The van der Waals surface area contributed by atoms with Crippen LogP contribution in [0.4, 0.5) is 0 Å². The smallest absolute Gasteiger partial charge is 0.556 e. The van der Waals surface area contributed by atoms with Crippen molar-refractivity contribution in [3.8, 4) is 0 Å². The van der Waals surface area contributed by atoms with Crippen LogP contribution in [0.25, 0.3) is 11.2 Å². The minimum absolute atomic E-state index is 0.0116. The summed E-state index contributed by atoms with van der Waals surface area (Å²) in [4.78, 5) is 11.2. The van der Waals surface area contributed by atoms with Crippen LogP contribution in [0.15, 0.2) is 24.7 Å². The summed E-state index contributed by atoms with van der Waals surface area (Å²) in [6.07, 6.45) is 3.13. The molecule has 13 heavy (non-hydrogen) atoms. The molecule has 0 aliphatic carbocycles. The van der Waals surface area contributed by atoms with E-state index in [1.54, 1.807) is 0 Å². The Morgan fingerprint density at radius 3 is 3.00 bits per heavy atom. The van der Waals surface area contributed by atoms with Gasteiger partial charge in [-0.3, -0.25) is 0 Å². The molecule has 0 amide bonds. The first-order valence-electron chi connectivity index (χ1n) is 3.40. The van der Waals surface area contributed by atoms with E-state index in [0.29, 0.717) is 9.16 Å². The highest BCUT2D eigenvalue weighted by molar-refractivity contribution is 5.62. The lowest BCUT2D eigenvalue weighted by Crippen LogP contribution is -2.39. The number of aromatic nitrogens is 4. The molecule has 2 rings (SSSR count). The molecular formula is C6H4N4O3. The third-order valence-corrected chi connectivity index (χ3v) is 1.60. The SMILES string of the molecule is O=[n+]1ccn([O-])c2ccn[n+]([O-])c21. The van der Waals surface area contributed by atoms with E-state index in [1.165, 1.54) is 6.07 Å². The van der Waals surface area contributed by atoms with Crippen LogP contribution in [-0.4, -0.2) is 9.83 Å². The fourth-order valence-corrected chi connectivity index (χ4v) is 1.03. The molecule has 0 atom stereocenters. The summed E-state index contributed by atoms with van der Waals surface area (Å²) in [6, 6.07) is 1.30. The van der Waals surface area contributed by atoms with Crippen LogP contribution in [0.3, 0.4) is 0 Å². The lowest BCUT2D eigenvalue weighted by Gasteiger charge is -2.06. The standard InChI is InChI=1S/C6H4N4O3/c11-8-3-4-9(12)6-5(8)1-2-7-10(6)13/h1-4H. The summed E-state index contributed by atoms with van der Waals surface area (Å²) in [7, 11) is 0. The minimum Gasteiger partial charge on any atom is -0.805 e. The average molecular weight is 180 g/mol. The normalized spacial score (nSPS) is 10.5. The zero-order chi connectivity index (χ0) is 9.42. The van der Waals surface area contributed by atoms with Crippen molar-refractivity contribution >= 4 is 11.2 Å². The van der Waals surface area contributed by atoms with E-state index >= 15 is 0 Å². The van der Waals surface area contributed by atoms with E-state index in [0.717, 1.165) is 18.6 Å². The average Bonchev–Trinajstić information content (AvgIpc) is 2.12. The topological polar surface area (TPSA) is 90.8 Å². The first kappa shape index (κ1) is 7.47. The van der Waals surface area contributed by atoms with Crippen molar-refractivity contribution in [1.29, 1.82) is 0 Å². The first-order chi connectivity index (χ1) is 6.20. The third-order valence-electron chi connectivity index (χ3n) is 1.60. The summed E-state index contributed by atoms with van der Waals surface area (Å²) < 4.78 is 0.726. The van der Waals surface area contributed by atoms with Gasteiger partial charge in [-0.2, -0.15) is 0 Å². The minimum atomic E-state index is -0.319. The first-order valence-corrected chi connectivity index (χ1v) is 3.40. The summed E-state index contributed by atoms with van der Waals surface area (Å²) in [5, 5.41) is 25.3. The highest BCUT2D eigenvalue weighted by atomic mass is 16.5. The van der Waals surface area contributed by atoms with Gasteiger partial charge < -0.3 is 15.1 Å². The van der Waals surface area contributed by atoms with Crippen molar-refractivity contribution in [3.05, 3.63) is 40.0 Å². The monoisotopic (exact) mass is 180 g/mol. The van der Waals surface area contributed by atoms with Crippen LogP contribution in [0.1, 0.15) is 0 Å². The van der Waals surface area contributed by atoms with Crippen molar-refractivity contribution in [2.75, 3.05) is 0 Å². The second kappa shape index (κ2) is 2.41. The van der Waals surface area contributed by atoms with Crippen LogP contribution in [-0.2, 0) is 0 Å². The Bertz CT molecular complexity index is 521. The number of hydrogen-bond acceptors (Lipinski definition) is 4. The van der Waals surface area contributed by atoms with Gasteiger partial charge in [0.25, 0.3) is 6.20 Å². The molecule has 0 fully saturated rings. The molecule has 0 aromatic carbocycles. The summed E-state index contributed by atoms with van der Waals surface area (Å²) in [5.74, 6) is 0. The van der Waals surface area contributed by atoms with E-state index in [2.05, 4.69) is 5.10 Å². The molecule has 2 heterocycles. The van der Waals surface area contributed by atoms with Gasteiger partial charge in [0.2, 0.25) is 0 Å². The Morgan fingerprint density at radius 1 is 1.54 bits per heavy atom. The molecule has 0 bridgehead atoms. The molecule has 0 aliphatic heterocycles. The van der Waals surface area contributed by atoms with Gasteiger partial charge in [-0.15, -0.1) is 0 Å². The maximum Gasteiger partial charge on any atom is 0.556 e. The van der Waals surface area contributed by atoms with E-state index in [-0.39, 0.29) is 16.0 Å². The molecule has 0 saturated carbocycles. The Labute approximate surface area is 71.2 Å². The molecule has 66 valence electrons. The predicted octanol–water partition coefficient (Wildman–Crippen LogP) is -1.07. The lowest BCUT2D eigenvalue weighted by atomic mass is 10.5. The molecule has 2 aromatic rings. The quantitative estimate of drug-likeness (QED) is 0.381. The second-order valence-electron chi connectivity index (χ2n) is 2.36. The van der Waals surface area contributed by atoms with Crippen molar-refractivity contribution < 1.29 is 9.27 Å². The van der Waals surface area contributed by atoms with Crippen LogP contribution in [0.2, 0.25) is 0 Å². The molecule has 0 N–H and O–H groups in total. The Kier molecular flexibility index (Phi) is 1.38. The molecular weight excluding hydrogens is 176 g/mol. The van der Waals surface area contributed by atoms with E-state index in [9.17, 15) is 15.3 Å². The van der Waals surface area contributed by atoms with Gasteiger partial charge in [0.05, 0.1) is 12.4 Å². The fourth-order valence-electron chi connectivity index (χ4n) is 1.03. The molecule has 7 nitrogen and oxygen atoms in total. The van der Waals surface area contributed by atoms with E-state index in [4.69, 9.17) is 0 Å². The van der Waals surface area contributed by atoms with Crippen LogP contribution in [0.5, 0.6) is 0 Å². The fraction of sp³-hybridized carbons (Fsp3) is 0. The Balaban J connectivity index is 3.09. The Morgan fingerprint density at radius 2 is 2.31 bits per heavy atom. The van der Waals surface area contributed by atoms with Crippen LogP contribution in [0, 0.1) is 15.3 Å². The third kappa shape index (κ3) is 0.975. The summed E-state index contributed by atoms with van der Waals surface area (Å²) in [6.45, 7) is 0. The molecule has 0 aliphatic rings. The van der Waals surface area contributed by atoms with Gasteiger partial charge in [0, 0.05) is 20.9 Å². The number of nitrogens with zero attached hydrogens (tertiary/aromatic N) is 4. The second-order valence-corrected chi connectivity index (χ2v) is 2.36. The van der Waals surface area contributed by atoms with Crippen LogP contribution < -0.4 is 9.27 Å². The maximum absolute atomic E-state index is 11.1. The molecule has 0 unspecified atom stereocenters. The molecule has 0 radical (unpaired) electrons. The zero-order valence-corrected chi connectivity index (χ0v) is 6.32. The van der Waals surface area contributed by atoms with Gasteiger partial charge in [-0.05, 0) is 0 Å². The summed E-state index contributed by atoms with van der Waals surface area (Å²) >= 11 is 0. The lowest BCUT2D eigenvalue weighted by molar-refractivity contribution is -0.697. The number of rotatable bonds is 0. The van der Waals surface area contributed by atoms with Gasteiger partial charge >= 0.3 is 5.65 Å². The highest BCUT2D eigenvalue weighted by Crippen LogP contribution is 2.00. The van der Waals surface area contributed by atoms with E-state index < -0.39 is 0 Å².